The first-order chi connectivity index (χ1) is 15.6. The molecule has 32 heavy (non-hydrogen) atoms. The normalized spacial score (nSPS) is 12.0. The Balaban J connectivity index is 2.04. The smallest absolute Gasteiger partial charge is 0.119 e. The summed E-state index contributed by atoms with van der Waals surface area (Å²) in [7, 11) is 4.09. The van der Waals surface area contributed by atoms with E-state index in [9.17, 15) is 5.11 Å². The number of phenols is 1. The van der Waals surface area contributed by atoms with Crippen LogP contribution in [0.15, 0.2) is 78.9 Å². The van der Waals surface area contributed by atoms with Crippen LogP contribution in [0.3, 0.4) is 0 Å². The largest absolute Gasteiger partial charge is 0.508 e. The number of aromatic hydroxyl groups is 1. The fourth-order valence-electron chi connectivity index (χ4n) is 3.65. The van der Waals surface area contributed by atoms with Crippen molar-refractivity contribution in [2.45, 2.75) is 12.8 Å². The van der Waals surface area contributed by atoms with Gasteiger partial charge in [-0.2, -0.15) is 11.8 Å². The number of thioether (sulfide) groups is 1. The van der Waals surface area contributed by atoms with Crippen LogP contribution in [-0.4, -0.2) is 49.3 Å². The average molecular weight is 448 g/mol. The Kier molecular flexibility index (Phi) is 9.27. The molecule has 0 spiro atoms. The van der Waals surface area contributed by atoms with Gasteiger partial charge < -0.3 is 14.7 Å². The van der Waals surface area contributed by atoms with Gasteiger partial charge in [0.15, 0.2) is 0 Å². The molecule has 0 bridgehead atoms. The summed E-state index contributed by atoms with van der Waals surface area (Å²) in [5.41, 5.74) is 6.03. The molecule has 0 saturated carbocycles. The summed E-state index contributed by atoms with van der Waals surface area (Å²) >= 11 is 1.88. The molecule has 3 aromatic rings. The molecule has 0 amide bonds. The van der Waals surface area contributed by atoms with Gasteiger partial charge in [-0.25, -0.2) is 0 Å². The van der Waals surface area contributed by atoms with E-state index in [0.29, 0.717) is 6.61 Å². The molecule has 1 N–H and O–H groups in total. The molecule has 3 aromatic carbocycles. The van der Waals surface area contributed by atoms with Crippen LogP contribution in [0.2, 0.25) is 0 Å². The van der Waals surface area contributed by atoms with Crippen molar-refractivity contribution >= 4 is 22.9 Å². The maximum absolute atomic E-state index is 9.86. The van der Waals surface area contributed by atoms with Gasteiger partial charge in [-0.3, -0.25) is 0 Å². The molecule has 0 aliphatic heterocycles. The van der Waals surface area contributed by atoms with Crippen molar-refractivity contribution in [3.63, 3.8) is 0 Å². The van der Waals surface area contributed by atoms with Gasteiger partial charge in [0.2, 0.25) is 0 Å². The molecule has 3 rings (SSSR count). The monoisotopic (exact) mass is 447 g/mol. The van der Waals surface area contributed by atoms with E-state index in [1.54, 1.807) is 12.1 Å². The topological polar surface area (TPSA) is 32.7 Å². The zero-order chi connectivity index (χ0) is 22.8. The van der Waals surface area contributed by atoms with Gasteiger partial charge >= 0.3 is 0 Å². The minimum atomic E-state index is 0.279. The van der Waals surface area contributed by atoms with E-state index in [-0.39, 0.29) is 5.75 Å². The number of allylic oxidation sites excluding steroid dienone is 1. The summed E-state index contributed by atoms with van der Waals surface area (Å²) in [4.78, 5) is 2.11. The molecule has 3 nitrogen and oxygen atoms in total. The number of phenolic OH excluding ortho intramolecular Hbond substituents is 1. The molecule has 0 saturated heterocycles. The van der Waals surface area contributed by atoms with Crippen molar-refractivity contribution in [2.24, 2.45) is 0 Å². The molecule has 0 fully saturated rings. The van der Waals surface area contributed by atoms with Crippen molar-refractivity contribution in [3.05, 3.63) is 95.6 Å². The highest BCUT2D eigenvalue weighted by molar-refractivity contribution is 7.98. The fraction of sp³-hybridized carbons (Fsp3) is 0.286. The van der Waals surface area contributed by atoms with Crippen molar-refractivity contribution in [2.75, 3.05) is 39.3 Å². The minimum Gasteiger partial charge on any atom is -0.508 e. The Morgan fingerprint density at radius 2 is 1.47 bits per heavy atom. The molecule has 4 heteroatoms. The maximum Gasteiger partial charge on any atom is 0.119 e. The average Bonchev–Trinajstić information content (AvgIpc) is 2.81. The molecule has 0 aliphatic rings. The van der Waals surface area contributed by atoms with E-state index in [0.717, 1.165) is 42.0 Å². The summed E-state index contributed by atoms with van der Waals surface area (Å²) < 4.78 is 5.90. The van der Waals surface area contributed by atoms with Crippen molar-refractivity contribution in [1.82, 2.24) is 4.90 Å². The van der Waals surface area contributed by atoms with Crippen LogP contribution < -0.4 is 4.74 Å². The number of benzene rings is 3. The molecule has 0 atom stereocenters. The molecular weight excluding hydrogens is 414 g/mol. The predicted octanol–water partition coefficient (Wildman–Crippen LogP) is 6.43. The van der Waals surface area contributed by atoms with E-state index >= 15 is 0 Å². The zero-order valence-corrected chi connectivity index (χ0v) is 20.1. The third-order valence-corrected chi connectivity index (χ3v) is 6.00. The molecule has 0 unspecified atom stereocenters. The van der Waals surface area contributed by atoms with E-state index in [1.165, 1.54) is 16.7 Å². The third-order valence-electron chi connectivity index (χ3n) is 5.31. The van der Waals surface area contributed by atoms with Gasteiger partial charge in [0.1, 0.15) is 18.1 Å². The van der Waals surface area contributed by atoms with E-state index in [2.05, 4.69) is 65.8 Å². The Hall–Kier alpha value is -2.69. The quantitative estimate of drug-likeness (QED) is 0.271. The number of hydrogen-bond donors (Lipinski definition) is 1. The summed E-state index contributed by atoms with van der Waals surface area (Å²) in [5, 5.41) is 9.86. The first-order valence-electron chi connectivity index (χ1n) is 11.0. The highest BCUT2D eigenvalue weighted by Crippen LogP contribution is 2.36. The first kappa shape index (κ1) is 24.0. The van der Waals surface area contributed by atoms with E-state index in [4.69, 9.17) is 4.74 Å². The number of hydrogen-bond acceptors (Lipinski definition) is 4. The molecule has 0 heterocycles. The highest BCUT2D eigenvalue weighted by atomic mass is 32.2. The summed E-state index contributed by atoms with van der Waals surface area (Å²) in [6.07, 6.45) is 4.25. The molecule has 0 aliphatic carbocycles. The van der Waals surface area contributed by atoms with Crippen LogP contribution in [-0.2, 0) is 0 Å². The van der Waals surface area contributed by atoms with E-state index < -0.39 is 0 Å². The van der Waals surface area contributed by atoms with Crippen LogP contribution in [0.1, 0.15) is 29.5 Å². The third kappa shape index (κ3) is 6.91. The molecule has 168 valence electrons. The molecule has 0 radical (unpaired) electrons. The lowest BCUT2D eigenvalue weighted by atomic mass is 9.87. The first-order valence-corrected chi connectivity index (χ1v) is 12.4. The summed E-state index contributed by atoms with van der Waals surface area (Å²) in [5.74, 6) is 2.28. The lowest BCUT2D eigenvalue weighted by molar-refractivity contribution is 0.261. The Labute approximate surface area is 196 Å². The number of nitrogens with zero attached hydrogens (tertiary/aromatic N) is 1. The van der Waals surface area contributed by atoms with Gasteiger partial charge in [-0.15, -0.1) is 0 Å². The van der Waals surface area contributed by atoms with Crippen LogP contribution in [0.25, 0.3) is 11.1 Å². The number of likely N-dealkylation sites (N-methyl/N-ethyl adjacent to an activating group) is 1. The molecule has 0 aromatic heterocycles. The summed E-state index contributed by atoms with van der Waals surface area (Å²) in [6.45, 7) is 1.55. The lowest BCUT2D eigenvalue weighted by Gasteiger charge is -2.18. The van der Waals surface area contributed by atoms with Gasteiger partial charge in [0, 0.05) is 6.54 Å². The lowest BCUT2D eigenvalue weighted by Crippen LogP contribution is -2.19. The number of ether oxygens (including phenoxy) is 1. The zero-order valence-electron chi connectivity index (χ0n) is 19.3. The van der Waals surface area contributed by atoms with Gasteiger partial charge in [-0.1, -0.05) is 54.6 Å². The number of rotatable bonds is 11. The second kappa shape index (κ2) is 12.4. The van der Waals surface area contributed by atoms with E-state index in [1.807, 2.05) is 38.0 Å². The fourth-order valence-corrected chi connectivity index (χ4v) is 4.09. The Morgan fingerprint density at radius 1 is 0.844 bits per heavy atom. The predicted molar refractivity (Wildman–Crippen MR) is 139 cm³/mol. The molecular formula is C28H33NO2S. The van der Waals surface area contributed by atoms with Crippen LogP contribution in [0, 0.1) is 0 Å². The maximum atomic E-state index is 9.86. The van der Waals surface area contributed by atoms with Crippen LogP contribution >= 0.6 is 11.8 Å². The minimum absolute atomic E-state index is 0.279. The van der Waals surface area contributed by atoms with Crippen LogP contribution in [0.5, 0.6) is 11.5 Å². The summed E-state index contributed by atoms with van der Waals surface area (Å²) in [6, 6.07) is 26.6. The second-order valence-corrected chi connectivity index (χ2v) is 9.02. The van der Waals surface area contributed by atoms with Crippen molar-refractivity contribution in [3.8, 4) is 11.5 Å². The van der Waals surface area contributed by atoms with Crippen molar-refractivity contribution in [1.29, 1.82) is 0 Å². The highest BCUT2D eigenvalue weighted by Gasteiger charge is 2.14. The van der Waals surface area contributed by atoms with Crippen molar-refractivity contribution < 1.29 is 9.84 Å². The van der Waals surface area contributed by atoms with Gasteiger partial charge in [-0.05, 0) is 91.0 Å². The Morgan fingerprint density at radius 3 is 2.06 bits per heavy atom. The standard InChI is InChI=1S/C28H33NO2S/c1-29(2)19-20-31-26-17-13-24(14-18-26)28(23-11-15-25(30)16-12-23)27(10-7-21-32-3)22-8-5-4-6-9-22/h4-6,8-9,11-18,30H,7,10,19-21H2,1-3H3/b28-27-. The Bertz CT molecular complexity index is 980. The van der Waals surface area contributed by atoms with Gasteiger partial charge in [0.25, 0.3) is 0 Å². The SMILES string of the molecule is CSCCC/C(=C(\c1ccc(O)cc1)c1ccc(OCCN(C)C)cc1)c1ccccc1. The van der Waals surface area contributed by atoms with Crippen LogP contribution in [0.4, 0.5) is 0 Å². The second-order valence-electron chi connectivity index (χ2n) is 8.04. The van der Waals surface area contributed by atoms with Gasteiger partial charge in [0.05, 0.1) is 0 Å².